The molecular formula is C10H11Cl2N2+. The van der Waals surface area contributed by atoms with Crippen LogP contribution in [0, 0.1) is 6.92 Å². The van der Waals surface area contributed by atoms with Gasteiger partial charge in [0.15, 0.2) is 11.0 Å². The zero-order valence-electron chi connectivity index (χ0n) is 8.06. The number of benzene rings is 1. The Bertz CT molecular complexity index is 488. The number of imidazole rings is 1. The van der Waals surface area contributed by atoms with Crippen molar-refractivity contribution in [2.45, 2.75) is 20.4 Å². The molecule has 1 aromatic carbocycles. The first-order chi connectivity index (χ1) is 6.63. The van der Waals surface area contributed by atoms with Crippen LogP contribution in [-0.2, 0) is 6.54 Å². The number of H-pyrrole nitrogens is 1. The third-order valence-electron chi connectivity index (χ3n) is 2.37. The van der Waals surface area contributed by atoms with Gasteiger partial charge in [0.1, 0.15) is 0 Å². The summed E-state index contributed by atoms with van der Waals surface area (Å²) in [5.41, 5.74) is 2.12. The minimum absolute atomic E-state index is 0.587. The number of hydrogen-bond donors (Lipinski definition) is 1. The fourth-order valence-electron chi connectivity index (χ4n) is 1.71. The molecule has 74 valence electrons. The van der Waals surface area contributed by atoms with Crippen LogP contribution in [0.3, 0.4) is 0 Å². The van der Waals surface area contributed by atoms with Gasteiger partial charge >= 0.3 is 0 Å². The van der Waals surface area contributed by atoms with E-state index in [9.17, 15) is 0 Å². The first-order valence-electron chi connectivity index (χ1n) is 4.50. The second-order valence-corrected chi connectivity index (χ2v) is 4.05. The smallest absolute Gasteiger partial charge is 0.241 e. The lowest BCUT2D eigenvalue weighted by Crippen LogP contribution is -2.33. The Kier molecular flexibility index (Phi) is 2.41. The number of nitrogens with one attached hydrogen (secondary N) is 1. The highest BCUT2D eigenvalue weighted by molar-refractivity contribution is 6.42. The minimum Gasteiger partial charge on any atom is -0.241 e. The van der Waals surface area contributed by atoms with Crippen LogP contribution in [-0.4, -0.2) is 4.98 Å². The highest BCUT2D eigenvalue weighted by Crippen LogP contribution is 2.25. The standard InChI is InChI=1S/C10H10Cl2N2/c1-3-14-6(2)13-9-4-7(11)8(12)5-10(9)14/h4-5H,3H2,1-2H3/p+1. The van der Waals surface area contributed by atoms with Gasteiger partial charge in [-0.25, -0.2) is 9.55 Å². The van der Waals surface area contributed by atoms with E-state index in [0.29, 0.717) is 10.0 Å². The van der Waals surface area contributed by atoms with Crippen LogP contribution < -0.4 is 4.57 Å². The molecule has 14 heavy (non-hydrogen) atoms. The zero-order chi connectivity index (χ0) is 10.3. The summed E-state index contributed by atoms with van der Waals surface area (Å²) in [5.74, 6) is 1.11. The number of halogens is 2. The second-order valence-electron chi connectivity index (χ2n) is 3.24. The maximum atomic E-state index is 5.97. The Morgan fingerprint density at radius 1 is 1.29 bits per heavy atom. The highest BCUT2D eigenvalue weighted by Gasteiger charge is 2.15. The topological polar surface area (TPSA) is 19.7 Å². The Morgan fingerprint density at radius 3 is 2.57 bits per heavy atom. The molecule has 0 bridgehead atoms. The molecule has 0 aliphatic heterocycles. The van der Waals surface area contributed by atoms with Crippen LogP contribution in [0.15, 0.2) is 12.1 Å². The number of hydrogen-bond acceptors (Lipinski definition) is 0. The molecule has 0 saturated heterocycles. The summed E-state index contributed by atoms with van der Waals surface area (Å²) in [5, 5.41) is 1.18. The molecule has 0 radical (unpaired) electrons. The maximum absolute atomic E-state index is 5.97. The van der Waals surface area contributed by atoms with E-state index in [0.717, 1.165) is 23.4 Å². The van der Waals surface area contributed by atoms with Crippen LogP contribution in [0.2, 0.25) is 10.0 Å². The predicted molar refractivity (Wildman–Crippen MR) is 58.9 cm³/mol. The lowest BCUT2D eigenvalue weighted by atomic mass is 10.3. The van der Waals surface area contributed by atoms with E-state index in [1.54, 1.807) is 0 Å². The van der Waals surface area contributed by atoms with Crippen LogP contribution in [0.1, 0.15) is 12.7 Å². The fourth-order valence-corrected chi connectivity index (χ4v) is 2.03. The van der Waals surface area contributed by atoms with Crippen molar-refractivity contribution in [3.8, 4) is 0 Å². The quantitative estimate of drug-likeness (QED) is 0.726. The van der Waals surface area contributed by atoms with Crippen molar-refractivity contribution in [1.29, 1.82) is 0 Å². The summed E-state index contributed by atoms with van der Waals surface area (Å²) in [7, 11) is 0. The van der Waals surface area contributed by atoms with E-state index in [-0.39, 0.29) is 0 Å². The number of aromatic amines is 1. The van der Waals surface area contributed by atoms with Crippen molar-refractivity contribution >= 4 is 34.2 Å². The molecule has 4 heteroatoms. The van der Waals surface area contributed by atoms with Gasteiger partial charge in [0.2, 0.25) is 0 Å². The molecule has 0 atom stereocenters. The molecular weight excluding hydrogens is 219 g/mol. The predicted octanol–water partition coefficient (Wildman–Crippen LogP) is 3.09. The van der Waals surface area contributed by atoms with Crippen LogP contribution in [0.25, 0.3) is 11.0 Å². The van der Waals surface area contributed by atoms with Crippen molar-refractivity contribution in [2.75, 3.05) is 0 Å². The number of aromatic nitrogens is 2. The first kappa shape index (κ1) is 9.81. The maximum Gasteiger partial charge on any atom is 0.251 e. The van der Waals surface area contributed by atoms with E-state index in [4.69, 9.17) is 23.2 Å². The first-order valence-corrected chi connectivity index (χ1v) is 5.26. The molecule has 2 aromatic rings. The summed E-state index contributed by atoms with van der Waals surface area (Å²) in [6, 6.07) is 3.75. The Hall–Kier alpha value is -0.730. The molecule has 1 N–H and O–H groups in total. The van der Waals surface area contributed by atoms with Gasteiger partial charge in [-0.1, -0.05) is 23.2 Å². The van der Waals surface area contributed by atoms with Gasteiger partial charge in [-0.05, 0) is 6.92 Å². The lowest BCUT2D eigenvalue weighted by molar-refractivity contribution is -0.673. The van der Waals surface area contributed by atoms with Crippen molar-refractivity contribution in [3.05, 3.63) is 28.0 Å². The molecule has 0 unspecified atom stereocenters. The SMILES string of the molecule is CC[n+]1c(C)[nH]c2cc(Cl)c(Cl)cc21. The van der Waals surface area contributed by atoms with Gasteiger partial charge in [-0.15, -0.1) is 0 Å². The molecule has 0 spiro atoms. The number of aryl methyl sites for hydroxylation is 2. The van der Waals surface area contributed by atoms with Gasteiger partial charge in [0, 0.05) is 19.1 Å². The van der Waals surface area contributed by atoms with E-state index in [1.165, 1.54) is 0 Å². The molecule has 0 saturated carbocycles. The van der Waals surface area contributed by atoms with E-state index in [1.807, 2.05) is 19.1 Å². The molecule has 2 rings (SSSR count). The largest absolute Gasteiger partial charge is 0.251 e. The molecule has 0 fully saturated rings. The van der Waals surface area contributed by atoms with Crippen molar-refractivity contribution in [1.82, 2.24) is 4.98 Å². The number of fused-ring (bicyclic) bond motifs is 1. The Balaban J connectivity index is 2.82. The third kappa shape index (κ3) is 1.39. The lowest BCUT2D eigenvalue weighted by Gasteiger charge is -1.95. The number of rotatable bonds is 1. The van der Waals surface area contributed by atoms with Crippen molar-refractivity contribution in [3.63, 3.8) is 0 Å². The van der Waals surface area contributed by atoms with Gasteiger partial charge in [0.05, 0.1) is 16.6 Å². The minimum atomic E-state index is 0.587. The molecule has 1 aromatic heterocycles. The second kappa shape index (κ2) is 3.44. The summed E-state index contributed by atoms with van der Waals surface area (Å²) >= 11 is 11.9. The highest BCUT2D eigenvalue weighted by atomic mass is 35.5. The van der Waals surface area contributed by atoms with Crippen LogP contribution in [0.5, 0.6) is 0 Å². The van der Waals surface area contributed by atoms with Gasteiger partial charge in [-0.3, -0.25) is 0 Å². The molecule has 0 aliphatic carbocycles. The monoisotopic (exact) mass is 229 g/mol. The molecule has 2 nitrogen and oxygen atoms in total. The van der Waals surface area contributed by atoms with Gasteiger partial charge < -0.3 is 0 Å². The van der Waals surface area contributed by atoms with Gasteiger partial charge in [-0.2, -0.15) is 0 Å². The van der Waals surface area contributed by atoms with E-state index >= 15 is 0 Å². The molecule has 0 amide bonds. The average molecular weight is 230 g/mol. The Labute approximate surface area is 92.5 Å². The average Bonchev–Trinajstić information content (AvgIpc) is 2.42. The number of nitrogens with zero attached hydrogens (tertiary/aromatic N) is 1. The third-order valence-corrected chi connectivity index (χ3v) is 3.09. The van der Waals surface area contributed by atoms with E-state index in [2.05, 4.69) is 16.5 Å². The van der Waals surface area contributed by atoms with Crippen molar-refractivity contribution in [2.24, 2.45) is 0 Å². The van der Waals surface area contributed by atoms with E-state index < -0.39 is 0 Å². The zero-order valence-corrected chi connectivity index (χ0v) is 9.58. The van der Waals surface area contributed by atoms with Crippen LogP contribution in [0.4, 0.5) is 0 Å². The summed E-state index contributed by atoms with van der Waals surface area (Å²) in [6.07, 6.45) is 0. The Morgan fingerprint density at radius 2 is 1.93 bits per heavy atom. The van der Waals surface area contributed by atoms with Gasteiger partial charge in [0.25, 0.3) is 5.82 Å². The van der Waals surface area contributed by atoms with Crippen LogP contribution >= 0.6 is 23.2 Å². The fraction of sp³-hybridized carbons (Fsp3) is 0.300. The van der Waals surface area contributed by atoms with Crippen molar-refractivity contribution < 1.29 is 4.57 Å². The molecule has 0 aliphatic rings. The summed E-state index contributed by atoms with van der Waals surface area (Å²) < 4.78 is 2.16. The normalized spacial score (nSPS) is 11.1. The summed E-state index contributed by atoms with van der Waals surface area (Å²) in [4.78, 5) is 3.27. The molecule has 1 heterocycles. The summed E-state index contributed by atoms with van der Waals surface area (Å²) in [6.45, 7) is 5.05.